The molecule has 0 saturated heterocycles. The van der Waals surface area contributed by atoms with Gasteiger partial charge in [-0.05, 0) is 55.2 Å². The third-order valence-corrected chi connectivity index (χ3v) is 4.65. The molecule has 0 bridgehead atoms. The Labute approximate surface area is 189 Å². The highest BCUT2D eigenvalue weighted by atomic mass is 127. The number of carbonyl (C=O) groups excluding carboxylic acids is 1. The number of anilines is 1. The highest BCUT2D eigenvalue weighted by Gasteiger charge is 2.14. The Morgan fingerprint density at radius 3 is 2.79 bits per heavy atom. The first kappa shape index (κ1) is 23.0. The molecule has 1 aliphatic rings. The molecule has 2 aromatic carbocycles. The summed E-state index contributed by atoms with van der Waals surface area (Å²) in [6.07, 6.45) is 1.29. The third kappa shape index (κ3) is 6.92. The van der Waals surface area contributed by atoms with Crippen molar-refractivity contribution < 1.29 is 9.53 Å². The lowest BCUT2D eigenvalue weighted by molar-refractivity contribution is -0.116. The number of hydrogen-bond donors (Lipinski definition) is 3. The van der Waals surface area contributed by atoms with E-state index in [1.807, 2.05) is 37.3 Å². The highest BCUT2D eigenvalue weighted by Crippen LogP contribution is 2.26. The average Bonchev–Trinajstić information content (AvgIpc) is 2.70. The second-order valence-corrected chi connectivity index (χ2v) is 6.76. The van der Waals surface area contributed by atoms with Crippen LogP contribution in [-0.2, 0) is 17.8 Å². The number of guanidine groups is 1. The van der Waals surface area contributed by atoms with Crippen molar-refractivity contribution in [2.24, 2.45) is 4.99 Å². The number of aliphatic imine (C=N–C) groups is 1. The van der Waals surface area contributed by atoms with Crippen LogP contribution in [0.4, 0.5) is 5.69 Å². The molecule has 29 heavy (non-hydrogen) atoms. The van der Waals surface area contributed by atoms with Crippen molar-refractivity contribution in [2.75, 3.05) is 25.0 Å². The van der Waals surface area contributed by atoms with Crippen LogP contribution >= 0.6 is 24.0 Å². The molecule has 0 spiro atoms. The summed E-state index contributed by atoms with van der Waals surface area (Å²) in [5.41, 5.74) is 4.48. The van der Waals surface area contributed by atoms with Crippen molar-refractivity contribution in [1.29, 1.82) is 0 Å². The zero-order valence-electron chi connectivity index (χ0n) is 17.0. The molecule has 0 saturated carbocycles. The Kier molecular flexibility index (Phi) is 9.24. The van der Waals surface area contributed by atoms with E-state index in [0.29, 0.717) is 26.1 Å². The zero-order valence-corrected chi connectivity index (χ0v) is 19.3. The number of benzene rings is 2. The Bertz CT molecular complexity index is 854. The van der Waals surface area contributed by atoms with Gasteiger partial charge in [-0.3, -0.25) is 4.79 Å². The van der Waals surface area contributed by atoms with Crippen LogP contribution in [0.25, 0.3) is 0 Å². The van der Waals surface area contributed by atoms with Gasteiger partial charge < -0.3 is 20.7 Å². The fourth-order valence-corrected chi connectivity index (χ4v) is 3.08. The van der Waals surface area contributed by atoms with E-state index in [0.717, 1.165) is 35.9 Å². The van der Waals surface area contributed by atoms with Gasteiger partial charge in [0.1, 0.15) is 12.4 Å². The normalized spacial score (nSPS) is 13.0. The van der Waals surface area contributed by atoms with Crippen LogP contribution in [0, 0.1) is 6.92 Å². The van der Waals surface area contributed by atoms with Gasteiger partial charge in [0.15, 0.2) is 5.96 Å². The Hall–Kier alpha value is -2.29. The molecule has 0 atom stereocenters. The molecular weight excluding hydrogens is 479 g/mol. The molecule has 0 radical (unpaired) electrons. The van der Waals surface area contributed by atoms with Crippen molar-refractivity contribution in [3.63, 3.8) is 0 Å². The van der Waals surface area contributed by atoms with Crippen LogP contribution in [0.2, 0.25) is 0 Å². The number of amides is 1. The summed E-state index contributed by atoms with van der Waals surface area (Å²) in [5, 5.41) is 9.45. The predicted molar refractivity (Wildman–Crippen MR) is 128 cm³/mol. The van der Waals surface area contributed by atoms with Crippen LogP contribution < -0.4 is 20.7 Å². The van der Waals surface area contributed by atoms with Crippen molar-refractivity contribution >= 4 is 41.5 Å². The number of aryl methyl sites for hydroxylation is 2. The molecule has 1 amide bonds. The summed E-state index contributed by atoms with van der Waals surface area (Å²) < 4.78 is 5.85. The molecule has 0 unspecified atom stereocenters. The summed E-state index contributed by atoms with van der Waals surface area (Å²) in [7, 11) is 0. The SMILES string of the molecule is CCNC(=NCc1ccccc1C)NCCOc1ccc2c(c1)CCC(=O)N2.I. The monoisotopic (exact) mass is 508 g/mol. The molecule has 156 valence electrons. The minimum Gasteiger partial charge on any atom is -0.492 e. The number of fused-ring (bicyclic) bond motifs is 1. The van der Waals surface area contributed by atoms with Crippen molar-refractivity contribution in [2.45, 2.75) is 33.2 Å². The number of nitrogens with zero attached hydrogens (tertiary/aromatic N) is 1. The first-order valence-corrected chi connectivity index (χ1v) is 9.78. The minimum atomic E-state index is 0. The minimum absolute atomic E-state index is 0. The van der Waals surface area contributed by atoms with Crippen molar-refractivity contribution in [3.05, 3.63) is 59.2 Å². The Morgan fingerprint density at radius 2 is 2.00 bits per heavy atom. The van der Waals surface area contributed by atoms with Gasteiger partial charge in [-0.15, -0.1) is 24.0 Å². The van der Waals surface area contributed by atoms with Gasteiger partial charge in [-0.2, -0.15) is 0 Å². The van der Waals surface area contributed by atoms with Gasteiger partial charge in [0.25, 0.3) is 0 Å². The number of carbonyl (C=O) groups is 1. The first-order valence-electron chi connectivity index (χ1n) is 9.78. The average molecular weight is 508 g/mol. The third-order valence-electron chi connectivity index (χ3n) is 4.65. The molecule has 0 fully saturated rings. The first-order chi connectivity index (χ1) is 13.7. The van der Waals surface area contributed by atoms with E-state index in [2.05, 4.69) is 40.0 Å². The summed E-state index contributed by atoms with van der Waals surface area (Å²) in [6.45, 7) is 6.76. The summed E-state index contributed by atoms with van der Waals surface area (Å²) in [6, 6.07) is 14.1. The van der Waals surface area contributed by atoms with Gasteiger partial charge in [0, 0.05) is 18.7 Å². The maximum Gasteiger partial charge on any atom is 0.224 e. The van der Waals surface area contributed by atoms with E-state index in [-0.39, 0.29) is 29.9 Å². The number of hydrogen-bond acceptors (Lipinski definition) is 3. The lowest BCUT2D eigenvalue weighted by Crippen LogP contribution is -2.39. The second-order valence-electron chi connectivity index (χ2n) is 6.76. The summed E-state index contributed by atoms with van der Waals surface area (Å²) in [5.74, 6) is 1.67. The second kappa shape index (κ2) is 11.6. The predicted octanol–water partition coefficient (Wildman–Crippen LogP) is 3.63. The van der Waals surface area contributed by atoms with Crippen LogP contribution in [0.5, 0.6) is 5.75 Å². The fourth-order valence-electron chi connectivity index (χ4n) is 3.08. The number of ether oxygens (including phenoxy) is 1. The van der Waals surface area contributed by atoms with Gasteiger partial charge in [0.05, 0.1) is 13.1 Å². The molecule has 7 heteroatoms. The summed E-state index contributed by atoms with van der Waals surface area (Å²) in [4.78, 5) is 16.1. The standard InChI is InChI=1S/C22H28N4O2.HI/c1-3-23-22(25-15-18-7-5-4-6-16(18)2)24-12-13-28-19-9-10-20-17(14-19)8-11-21(27)26-20;/h4-7,9-10,14H,3,8,11-13,15H2,1-2H3,(H,26,27)(H2,23,24,25);1H. The van der Waals surface area contributed by atoms with E-state index in [4.69, 9.17) is 4.74 Å². The molecular formula is C22H29IN4O2. The zero-order chi connectivity index (χ0) is 19.8. The van der Waals surface area contributed by atoms with E-state index < -0.39 is 0 Å². The number of rotatable bonds is 7. The van der Waals surface area contributed by atoms with Crippen LogP contribution in [0.3, 0.4) is 0 Å². The smallest absolute Gasteiger partial charge is 0.224 e. The molecule has 1 aliphatic heterocycles. The quantitative estimate of drug-likeness (QED) is 0.231. The number of nitrogens with one attached hydrogen (secondary N) is 3. The van der Waals surface area contributed by atoms with Gasteiger partial charge in [0.2, 0.25) is 5.91 Å². The topological polar surface area (TPSA) is 74.8 Å². The van der Waals surface area contributed by atoms with Gasteiger partial charge in [-0.1, -0.05) is 24.3 Å². The number of halogens is 1. The van der Waals surface area contributed by atoms with E-state index >= 15 is 0 Å². The van der Waals surface area contributed by atoms with Crippen LogP contribution in [0.15, 0.2) is 47.5 Å². The maximum absolute atomic E-state index is 11.4. The molecule has 0 aliphatic carbocycles. The lowest BCUT2D eigenvalue weighted by Gasteiger charge is -2.18. The van der Waals surface area contributed by atoms with E-state index in [1.54, 1.807) is 0 Å². The molecule has 0 aromatic heterocycles. The van der Waals surface area contributed by atoms with Gasteiger partial charge in [-0.25, -0.2) is 4.99 Å². The summed E-state index contributed by atoms with van der Waals surface area (Å²) >= 11 is 0. The molecule has 3 rings (SSSR count). The van der Waals surface area contributed by atoms with Crippen molar-refractivity contribution in [1.82, 2.24) is 10.6 Å². The molecule has 2 aromatic rings. The molecule has 3 N–H and O–H groups in total. The van der Waals surface area contributed by atoms with E-state index in [9.17, 15) is 4.79 Å². The highest BCUT2D eigenvalue weighted by molar-refractivity contribution is 14.0. The lowest BCUT2D eigenvalue weighted by atomic mass is 10.0. The maximum atomic E-state index is 11.4. The Morgan fingerprint density at radius 1 is 1.17 bits per heavy atom. The molecule has 1 heterocycles. The van der Waals surface area contributed by atoms with Crippen LogP contribution in [0.1, 0.15) is 30.0 Å². The van der Waals surface area contributed by atoms with Crippen LogP contribution in [-0.4, -0.2) is 31.6 Å². The Balaban J connectivity index is 0.00000300. The largest absolute Gasteiger partial charge is 0.492 e. The fraction of sp³-hybridized carbons (Fsp3) is 0.364. The van der Waals surface area contributed by atoms with E-state index in [1.165, 1.54) is 11.1 Å². The van der Waals surface area contributed by atoms with Crippen molar-refractivity contribution in [3.8, 4) is 5.75 Å². The molecule has 6 nitrogen and oxygen atoms in total. The van der Waals surface area contributed by atoms with Gasteiger partial charge >= 0.3 is 0 Å².